The number of rotatable bonds is 10. The molecule has 0 unspecified atom stereocenters. The van der Waals surface area contributed by atoms with E-state index in [1.165, 1.54) is 11.3 Å². The minimum atomic E-state index is -0.701. The number of aromatic nitrogens is 1. The predicted molar refractivity (Wildman–Crippen MR) is 179 cm³/mol. The predicted octanol–water partition coefficient (Wildman–Crippen LogP) is 5.94. The van der Waals surface area contributed by atoms with Crippen molar-refractivity contribution < 1.29 is 23.7 Å². The van der Waals surface area contributed by atoms with Gasteiger partial charge in [0.25, 0.3) is 5.56 Å². The van der Waals surface area contributed by atoms with Gasteiger partial charge in [-0.2, -0.15) is 0 Å². The lowest BCUT2D eigenvalue weighted by atomic mass is 9.96. The highest BCUT2D eigenvalue weighted by molar-refractivity contribution is 7.07. The van der Waals surface area contributed by atoms with Crippen molar-refractivity contribution in [3.63, 3.8) is 0 Å². The van der Waals surface area contributed by atoms with Gasteiger partial charge in [-0.05, 0) is 78.6 Å². The second kappa shape index (κ2) is 13.5. The monoisotopic (exact) mass is 634 g/mol. The lowest BCUT2D eigenvalue weighted by Crippen LogP contribution is -2.39. The molecule has 0 radical (unpaired) electrons. The number of benzene rings is 4. The third-order valence-corrected chi connectivity index (χ3v) is 8.76. The minimum absolute atomic E-state index is 0.208. The van der Waals surface area contributed by atoms with Crippen molar-refractivity contribution in [2.24, 2.45) is 4.99 Å². The van der Waals surface area contributed by atoms with Gasteiger partial charge in [0.1, 0.15) is 12.4 Å². The fourth-order valence-electron chi connectivity index (χ4n) is 5.64. The molecule has 8 nitrogen and oxygen atoms in total. The summed E-state index contributed by atoms with van der Waals surface area (Å²) < 4.78 is 24.9. The van der Waals surface area contributed by atoms with Crippen LogP contribution >= 0.6 is 11.3 Å². The van der Waals surface area contributed by atoms with Crippen molar-refractivity contribution >= 4 is 34.2 Å². The molecule has 9 heteroatoms. The quantitative estimate of drug-likeness (QED) is 0.177. The van der Waals surface area contributed by atoms with E-state index in [1.807, 2.05) is 67.6 Å². The molecule has 0 fully saturated rings. The zero-order valence-corrected chi connectivity index (χ0v) is 26.9. The molecule has 0 aliphatic carbocycles. The number of hydrogen-bond acceptors (Lipinski definition) is 8. The number of methoxy groups -OCH3 is 1. The van der Waals surface area contributed by atoms with Crippen LogP contribution in [0.1, 0.15) is 43.5 Å². The molecule has 2 heterocycles. The number of carbonyl (C=O) groups is 1. The first-order valence-corrected chi connectivity index (χ1v) is 15.9. The van der Waals surface area contributed by atoms with E-state index in [4.69, 9.17) is 18.9 Å². The summed E-state index contributed by atoms with van der Waals surface area (Å²) >= 11 is 1.27. The molecule has 0 N–H and O–H groups in total. The molecule has 1 aromatic heterocycles. The van der Waals surface area contributed by atoms with Crippen molar-refractivity contribution in [1.29, 1.82) is 0 Å². The zero-order valence-electron chi connectivity index (χ0n) is 26.1. The van der Waals surface area contributed by atoms with Crippen LogP contribution in [0.4, 0.5) is 0 Å². The van der Waals surface area contributed by atoms with Crippen molar-refractivity contribution in [1.82, 2.24) is 4.57 Å². The van der Waals surface area contributed by atoms with E-state index in [0.29, 0.717) is 51.1 Å². The van der Waals surface area contributed by atoms with E-state index >= 15 is 0 Å². The van der Waals surface area contributed by atoms with E-state index < -0.39 is 12.0 Å². The van der Waals surface area contributed by atoms with Crippen molar-refractivity contribution in [3.8, 4) is 17.2 Å². The largest absolute Gasteiger partial charge is 0.494 e. The molecule has 4 aromatic carbocycles. The first kappa shape index (κ1) is 30.9. The number of thiazole rings is 1. The summed E-state index contributed by atoms with van der Waals surface area (Å²) in [7, 11) is 1.59. The summed E-state index contributed by atoms with van der Waals surface area (Å²) in [5.41, 5.74) is 3.18. The Bertz CT molecular complexity index is 2120. The van der Waals surface area contributed by atoms with Gasteiger partial charge in [0.15, 0.2) is 16.3 Å². The number of hydrogen-bond donors (Lipinski definition) is 0. The topological polar surface area (TPSA) is 88.4 Å². The van der Waals surface area contributed by atoms with Gasteiger partial charge in [-0.3, -0.25) is 9.36 Å². The van der Waals surface area contributed by atoms with Crippen molar-refractivity contribution in [2.75, 3.05) is 20.3 Å². The third-order valence-electron chi connectivity index (χ3n) is 7.77. The molecule has 234 valence electrons. The van der Waals surface area contributed by atoms with E-state index in [2.05, 4.69) is 29.3 Å². The molecule has 0 saturated heterocycles. The summed E-state index contributed by atoms with van der Waals surface area (Å²) in [5, 5.41) is 2.29. The lowest BCUT2D eigenvalue weighted by Gasteiger charge is -2.24. The summed E-state index contributed by atoms with van der Waals surface area (Å²) in [6, 6.07) is 26.6. The van der Waals surface area contributed by atoms with Crippen LogP contribution in [0.5, 0.6) is 17.2 Å². The number of esters is 1. The fraction of sp³-hybridized carbons (Fsp3) is 0.216. The van der Waals surface area contributed by atoms with Gasteiger partial charge in [-0.1, -0.05) is 72.0 Å². The molecule has 46 heavy (non-hydrogen) atoms. The van der Waals surface area contributed by atoms with Crippen LogP contribution in [0.25, 0.3) is 16.8 Å². The van der Waals surface area contributed by atoms with Gasteiger partial charge in [0.05, 0.1) is 42.2 Å². The maximum atomic E-state index is 14.0. The molecule has 0 amide bonds. The summed E-state index contributed by atoms with van der Waals surface area (Å²) in [6.07, 6.45) is 1.81. The van der Waals surface area contributed by atoms with Gasteiger partial charge in [0, 0.05) is 0 Å². The van der Waals surface area contributed by atoms with Gasteiger partial charge < -0.3 is 18.9 Å². The van der Waals surface area contributed by atoms with Gasteiger partial charge in [-0.15, -0.1) is 0 Å². The van der Waals surface area contributed by atoms with E-state index in [0.717, 1.165) is 27.5 Å². The number of allylic oxidation sites excluding steroid dienone is 1. The standard InChI is InChI=1S/C37H34N2O6S/c1-5-43-28-17-15-26(16-18-28)34-33(36(41)44-6-2)23(3)38-37-39(34)35(40)32(46-37)21-24-14-19-30(31(20-24)42-4)45-22-27-12-9-11-25-10-7-8-13-29(25)27/h7-21,34H,5-6,22H2,1-4H3/b32-21-/t34-/m1/s1. The second-order valence-electron chi connectivity index (χ2n) is 10.6. The SMILES string of the molecule is CCOC(=O)C1=C(C)N=c2s/c(=C\c3ccc(OCc4cccc5ccccc45)c(OC)c3)c(=O)n2[C@@H]1c1ccc(OCC)cc1. The van der Waals surface area contributed by atoms with E-state index in [-0.39, 0.29) is 12.2 Å². The number of carbonyl (C=O) groups excluding carboxylic acids is 1. The maximum absolute atomic E-state index is 14.0. The normalized spacial score (nSPS) is 14.5. The average Bonchev–Trinajstić information content (AvgIpc) is 3.37. The Hall–Kier alpha value is -5.15. The van der Waals surface area contributed by atoms with Crippen LogP contribution in [-0.2, 0) is 16.1 Å². The van der Waals surface area contributed by atoms with Crippen molar-refractivity contribution in [2.45, 2.75) is 33.4 Å². The first-order valence-electron chi connectivity index (χ1n) is 15.1. The van der Waals surface area contributed by atoms with Crippen LogP contribution < -0.4 is 29.1 Å². The first-order chi connectivity index (χ1) is 22.4. The lowest BCUT2D eigenvalue weighted by molar-refractivity contribution is -0.139. The number of fused-ring (bicyclic) bond motifs is 2. The maximum Gasteiger partial charge on any atom is 0.338 e. The average molecular weight is 635 g/mol. The van der Waals surface area contributed by atoms with E-state index in [9.17, 15) is 9.59 Å². The summed E-state index contributed by atoms with van der Waals surface area (Å²) in [4.78, 5) is 32.4. The second-order valence-corrected chi connectivity index (χ2v) is 11.7. The molecule has 0 spiro atoms. The fourth-order valence-corrected chi connectivity index (χ4v) is 6.68. The molecule has 5 aromatic rings. The molecular weight excluding hydrogens is 600 g/mol. The van der Waals surface area contributed by atoms with E-state index in [1.54, 1.807) is 31.6 Å². The van der Waals surface area contributed by atoms with Crippen LogP contribution in [0.15, 0.2) is 106 Å². The Morgan fingerprint density at radius 2 is 1.72 bits per heavy atom. The van der Waals surface area contributed by atoms with Crippen LogP contribution in [-0.4, -0.2) is 30.9 Å². The highest BCUT2D eigenvalue weighted by Gasteiger charge is 2.33. The molecule has 0 saturated carbocycles. The molecule has 1 atom stereocenters. The molecular formula is C37H34N2O6S. The van der Waals surface area contributed by atoms with Gasteiger partial charge in [0.2, 0.25) is 0 Å². The number of nitrogens with zero attached hydrogens (tertiary/aromatic N) is 2. The molecule has 6 rings (SSSR count). The van der Waals surface area contributed by atoms with Crippen LogP contribution in [0.2, 0.25) is 0 Å². The Morgan fingerprint density at radius 1 is 0.935 bits per heavy atom. The number of ether oxygens (including phenoxy) is 4. The highest BCUT2D eigenvalue weighted by atomic mass is 32.1. The highest BCUT2D eigenvalue weighted by Crippen LogP contribution is 2.32. The Balaban J connectivity index is 1.36. The Kier molecular flexibility index (Phi) is 9.03. The molecule has 1 aliphatic rings. The van der Waals surface area contributed by atoms with Gasteiger partial charge in [-0.25, -0.2) is 9.79 Å². The van der Waals surface area contributed by atoms with Crippen LogP contribution in [0, 0.1) is 0 Å². The smallest absolute Gasteiger partial charge is 0.338 e. The van der Waals surface area contributed by atoms with Crippen molar-refractivity contribution in [3.05, 3.63) is 133 Å². The molecule has 1 aliphatic heterocycles. The molecule has 0 bridgehead atoms. The third kappa shape index (κ3) is 6.06. The zero-order chi connectivity index (χ0) is 32.2. The van der Waals surface area contributed by atoms with Gasteiger partial charge >= 0.3 is 5.97 Å². The summed E-state index contributed by atoms with van der Waals surface area (Å²) in [5.74, 6) is 1.35. The summed E-state index contributed by atoms with van der Waals surface area (Å²) in [6.45, 7) is 6.56. The van der Waals surface area contributed by atoms with Crippen LogP contribution in [0.3, 0.4) is 0 Å². The minimum Gasteiger partial charge on any atom is -0.494 e. The Labute approximate surface area is 270 Å². The Morgan fingerprint density at radius 3 is 2.48 bits per heavy atom.